The van der Waals surface area contributed by atoms with E-state index in [1.54, 1.807) is 6.20 Å². The number of fused-ring (bicyclic) bond motifs is 1. The van der Waals surface area contributed by atoms with E-state index in [0.717, 1.165) is 44.2 Å². The summed E-state index contributed by atoms with van der Waals surface area (Å²) in [5.74, 6) is 1.15. The van der Waals surface area contributed by atoms with E-state index in [1.165, 1.54) is 5.56 Å². The van der Waals surface area contributed by atoms with Crippen LogP contribution in [-0.4, -0.2) is 33.0 Å². The molecule has 1 aliphatic rings. The first kappa shape index (κ1) is 15.0. The lowest BCUT2D eigenvalue weighted by Crippen LogP contribution is -2.27. The number of aromatic nitrogens is 3. The van der Waals surface area contributed by atoms with Gasteiger partial charge in [0.15, 0.2) is 0 Å². The summed E-state index contributed by atoms with van der Waals surface area (Å²) in [5.41, 5.74) is 2.38. The molecule has 0 atom stereocenters. The largest absolute Gasteiger partial charge is 0.332 e. The minimum absolute atomic E-state index is 0. The number of halogens is 1. The number of nitrogens with one attached hydrogen (secondary N) is 1. The van der Waals surface area contributed by atoms with Gasteiger partial charge in [-0.2, -0.15) is 0 Å². The van der Waals surface area contributed by atoms with Gasteiger partial charge in [0, 0.05) is 44.8 Å². The van der Waals surface area contributed by atoms with Gasteiger partial charge in [0.25, 0.3) is 0 Å². The molecule has 0 bridgehead atoms. The Hall–Kier alpha value is -1.43. The molecule has 0 amide bonds. The van der Waals surface area contributed by atoms with Crippen molar-refractivity contribution in [1.82, 2.24) is 24.8 Å². The van der Waals surface area contributed by atoms with Gasteiger partial charge in [-0.1, -0.05) is 6.07 Å². The Morgan fingerprint density at radius 2 is 2.30 bits per heavy atom. The highest BCUT2D eigenvalue weighted by Crippen LogP contribution is 2.10. The SMILES string of the molecule is CN(Cc1cccnc1)Cc1cn2c(n1)CNCC2.Cl. The molecule has 0 saturated carbocycles. The van der Waals surface area contributed by atoms with Gasteiger partial charge in [0.1, 0.15) is 5.82 Å². The summed E-state index contributed by atoms with van der Waals surface area (Å²) in [5, 5.41) is 3.34. The molecule has 2 aromatic rings. The topological polar surface area (TPSA) is 46.0 Å². The van der Waals surface area contributed by atoms with E-state index in [1.807, 2.05) is 12.3 Å². The lowest BCUT2D eigenvalue weighted by Gasteiger charge is -2.14. The molecule has 6 heteroatoms. The van der Waals surface area contributed by atoms with Crippen molar-refractivity contribution in [2.45, 2.75) is 26.2 Å². The maximum Gasteiger partial charge on any atom is 0.123 e. The second-order valence-corrected chi connectivity index (χ2v) is 5.05. The fourth-order valence-corrected chi connectivity index (χ4v) is 2.46. The maximum absolute atomic E-state index is 4.68. The lowest BCUT2D eigenvalue weighted by molar-refractivity contribution is 0.315. The molecule has 0 aliphatic carbocycles. The first-order chi connectivity index (χ1) is 9.31. The molecule has 0 unspecified atom stereocenters. The van der Waals surface area contributed by atoms with Crippen molar-refractivity contribution in [1.29, 1.82) is 0 Å². The summed E-state index contributed by atoms with van der Waals surface area (Å²) >= 11 is 0. The Kier molecular flexibility index (Phi) is 5.11. The number of hydrogen-bond acceptors (Lipinski definition) is 4. The Balaban J connectivity index is 0.00000147. The van der Waals surface area contributed by atoms with Gasteiger partial charge in [0.05, 0.1) is 12.2 Å². The first-order valence-electron chi connectivity index (χ1n) is 6.64. The molecule has 0 radical (unpaired) electrons. The molecule has 2 aromatic heterocycles. The van der Waals surface area contributed by atoms with E-state index in [4.69, 9.17) is 0 Å². The standard InChI is InChI=1S/C14H19N5.ClH/c1-18(9-12-3-2-4-15-7-12)10-13-11-19-6-5-16-8-14(19)17-13;/h2-4,7,11,16H,5-6,8-10H2,1H3;1H. The van der Waals surface area contributed by atoms with Gasteiger partial charge in [-0.15, -0.1) is 12.4 Å². The van der Waals surface area contributed by atoms with Crippen molar-refractivity contribution in [3.63, 3.8) is 0 Å². The van der Waals surface area contributed by atoms with E-state index in [0.29, 0.717) is 0 Å². The van der Waals surface area contributed by atoms with E-state index in [9.17, 15) is 0 Å². The van der Waals surface area contributed by atoms with Gasteiger partial charge < -0.3 is 9.88 Å². The van der Waals surface area contributed by atoms with Crippen LogP contribution >= 0.6 is 12.4 Å². The summed E-state index contributed by atoms with van der Waals surface area (Å²) in [6.45, 7) is 4.71. The van der Waals surface area contributed by atoms with Crippen molar-refractivity contribution in [2.75, 3.05) is 13.6 Å². The van der Waals surface area contributed by atoms with Crippen LogP contribution in [-0.2, 0) is 26.2 Å². The molecule has 0 spiro atoms. The molecular formula is C14H20ClN5. The minimum atomic E-state index is 0. The predicted molar refractivity (Wildman–Crippen MR) is 80.6 cm³/mol. The van der Waals surface area contributed by atoms with Gasteiger partial charge in [-0.3, -0.25) is 9.88 Å². The zero-order valence-corrected chi connectivity index (χ0v) is 12.4. The molecule has 0 fully saturated rings. The molecule has 0 saturated heterocycles. The highest BCUT2D eigenvalue weighted by molar-refractivity contribution is 5.85. The average Bonchev–Trinajstić information content (AvgIpc) is 2.81. The summed E-state index contributed by atoms with van der Waals surface area (Å²) in [4.78, 5) is 11.1. The van der Waals surface area contributed by atoms with Crippen LogP contribution in [0.3, 0.4) is 0 Å². The Morgan fingerprint density at radius 3 is 3.05 bits per heavy atom. The molecule has 1 aliphatic heterocycles. The van der Waals surface area contributed by atoms with E-state index in [2.05, 4.69) is 44.1 Å². The normalized spacial score (nSPS) is 13.9. The molecule has 3 heterocycles. The van der Waals surface area contributed by atoms with Crippen LogP contribution < -0.4 is 5.32 Å². The average molecular weight is 294 g/mol. The zero-order valence-electron chi connectivity index (χ0n) is 11.6. The molecule has 20 heavy (non-hydrogen) atoms. The van der Waals surface area contributed by atoms with Crippen molar-refractivity contribution in [2.24, 2.45) is 0 Å². The van der Waals surface area contributed by atoms with Crippen LogP contribution in [0.25, 0.3) is 0 Å². The summed E-state index contributed by atoms with van der Waals surface area (Å²) in [7, 11) is 2.11. The second-order valence-electron chi connectivity index (χ2n) is 5.05. The van der Waals surface area contributed by atoms with Crippen LogP contribution in [0.1, 0.15) is 17.1 Å². The third kappa shape index (κ3) is 3.56. The van der Waals surface area contributed by atoms with E-state index in [-0.39, 0.29) is 12.4 Å². The van der Waals surface area contributed by atoms with Crippen LogP contribution in [0.15, 0.2) is 30.7 Å². The molecular weight excluding hydrogens is 274 g/mol. The van der Waals surface area contributed by atoms with Crippen molar-refractivity contribution < 1.29 is 0 Å². The molecule has 1 N–H and O–H groups in total. The Morgan fingerprint density at radius 1 is 1.40 bits per heavy atom. The maximum atomic E-state index is 4.68. The Labute approximate surface area is 125 Å². The zero-order chi connectivity index (χ0) is 13.1. The summed E-state index contributed by atoms with van der Waals surface area (Å²) < 4.78 is 2.25. The van der Waals surface area contributed by atoms with Gasteiger partial charge in [0.2, 0.25) is 0 Å². The predicted octanol–water partition coefficient (Wildman–Crippen LogP) is 1.44. The van der Waals surface area contributed by atoms with E-state index < -0.39 is 0 Å². The van der Waals surface area contributed by atoms with Crippen LogP contribution in [0.4, 0.5) is 0 Å². The smallest absolute Gasteiger partial charge is 0.123 e. The van der Waals surface area contributed by atoms with Crippen molar-refractivity contribution in [3.8, 4) is 0 Å². The fourth-order valence-electron chi connectivity index (χ4n) is 2.46. The second kappa shape index (κ2) is 6.83. The first-order valence-corrected chi connectivity index (χ1v) is 6.64. The summed E-state index contributed by atoms with van der Waals surface area (Å²) in [6.07, 6.45) is 5.90. The third-order valence-electron chi connectivity index (χ3n) is 3.33. The monoisotopic (exact) mass is 293 g/mol. The van der Waals surface area contributed by atoms with Crippen LogP contribution in [0, 0.1) is 0 Å². The van der Waals surface area contributed by atoms with Gasteiger partial charge >= 0.3 is 0 Å². The number of nitrogens with zero attached hydrogens (tertiary/aromatic N) is 4. The molecule has 3 rings (SSSR count). The van der Waals surface area contributed by atoms with Crippen LogP contribution in [0.5, 0.6) is 0 Å². The third-order valence-corrected chi connectivity index (χ3v) is 3.33. The highest BCUT2D eigenvalue weighted by atomic mass is 35.5. The minimum Gasteiger partial charge on any atom is -0.332 e. The van der Waals surface area contributed by atoms with E-state index >= 15 is 0 Å². The summed E-state index contributed by atoms with van der Waals surface area (Å²) in [6, 6.07) is 4.08. The molecule has 5 nitrogen and oxygen atoms in total. The molecule has 108 valence electrons. The number of pyridine rings is 1. The number of imidazole rings is 1. The lowest BCUT2D eigenvalue weighted by atomic mass is 10.2. The number of rotatable bonds is 4. The quantitative estimate of drug-likeness (QED) is 0.926. The van der Waals surface area contributed by atoms with Gasteiger partial charge in [-0.05, 0) is 18.7 Å². The number of hydrogen-bond donors (Lipinski definition) is 1. The van der Waals surface area contributed by atoms with Crippen LogP contribution in [0.2, 0.25) is 0 Å². The molecule has 0 aromatic carbocycles. The van der Waals surface area contributed by atoms with Crippen molar-refractivity contribution in [3.05, 3.63) is 47.8 Å². The van der Waals surface area contributed by atoms with Gasteiger partial charge in [-0.25, -0.2) is 4.98 Å². The fraction of sp³-hybridized carbons (Fsp3) is 0.429. The Bertz CT molecular complexity index is 516. The van der Waals surface area contributed by atoms with Crippen molar-refractivity contribution >= 4 is 12.4 Å². The highest BCUT2D eigenvalue weighted by Gasteiger charge is 2.12.